The summed E-state index contributed by atoms with van der Waals surface area (Å²) in [7, 11) is 0. The van der Waals surface area contributed by atoms with Gasteiger partial charge in [0.15, 0.2) is 0 Å². The maximum Gasteiger partial charge on any atom is 0.123 e. The first kappa shape index (κ1) is 15.2. The van der Waals surface area contributed by atoms with Crippen LogP contribution in [0.1, 0.15) is 25.3 Å². The van der Waals surface area contributed by atoms with E-state index in [0.717, 1.165) is 27.8 Å². The highest BCUT2D eigenvalue weighted by Gasteiger charge is 2.18. The monoisotopic (exact) mass is 304 g/mol. The van der Waals surface area contributed by atoms with Crippen LogP contribution in [0.3, 0.4) is 0 Å². The quantitative estimate of drug-likeness (QED) is 0.665. The summed E-state index contributed by atoms with van der Waals surface area (Å²) in [6.07, 6.45) is 0. The molecule has 2 nitrogen and oxygen atoms in total. The lowest BCUT2D eigenvalue weighted by Gasteiger charge is -2.19. The summed E-state index contributed by atoms with van der Waals surface area (Å²) in [5.41, 5.74) is 4.61. The molecule has 0 aliphatic heterocycles. The SMILES string of the molecule is CC(C)c1cccc(-c2ccccc2O)c1-c1ccccc1O. The van der Waals surface area contributed by atoms with Gasteiger partial charge < -0.3 is 10.2 Å². The number of benzene rings is 3. The molecule has 0 spiro atoms. The average molecular weight is 304 g/mol. The fourth-order valence-corrected chi connectivity index (χ4v) is 2.96. The fraction of sp³-hybridized carbons (Fsp3) is 0.143. The van der Waals surface area contributed by atoms with Crippen molar-refractivity contribution in [3.8, 4) is 33.8 Å². The molecule has 116 valence electrons. The summed E-state index contributed by atoms with van der Waals surface area (Å²) in [4.78, 5) is 0. The number of phenols is 2. The zero-order valence-corrected chi connectivity index (χ0v) is 13.3. The lowest BCUT2D eigenvalue weighted by molar-refractivity contribution is 0.476. The number of phenolic OH excluding ortho intramolecular Hbond substituents is 2. The van der Waals surface area contributed by atoms with Gasteiger partial charge in [-0.3, -0.25) is 0 Å². The third-order valence-corrected chi connectivity index (χ3v) is 4.09. The molecule has 23 heavy (non-hydrogen) atoms. The van der Waals surface area contributed by atoms with E-state index in [4.69, 9.17) is 0 Å². The molecule has 0 amide bonds. The van der Waals surface area contributed by atoms with Gasteiger partial charge in [-0.1, -0.05) is 68.4 Å². The highest BCUT2D eigenvalue weighted by molar-refractivity contribution is 5.90. The molecule has 2 N–H and O–H groups in total. The van der Waals surface area contributed by atoms with E-state index < -0.39 is 0 Å². The lowest BCUT2D eigenvalue weighted by Crippen LogP contribution is -1.96. The van der Waals surface area contributed by atoms with Gasteiger partial charge in [-0.25, -0.2) is 0 Å². The van der Waals surface area contributed by atoms with Gasteiger partial charge in [0.2, 0.25) is 0 Å². The molecule has 0 aromatic heterocycles. The number of aromatic hydroxyl groups is 2. The molecule has 3 aromatic carbocycles. The molecule has 0 unspecified atom stereocenters. The van der Waals surface area contributed by atoms with E-state index in [2.05, 4.69) is 19.9 Å². The van der Waals surface area contributed by atoms with Crippen LogP contribution < -0.4 is 0 Å². The first-order chi connectivity index (χ1) is 11.1. The second kappa shape index (κ2) is 6.17. The average Bonchev–Trinajstić information content (AvgIpc) is 2.55. The topological polar surface area (TPSA) is 40.5 Å². The van der Waals surface area contributed by atoms with Crippen molar-refractivity contribution in [3.05, 3.63) is 72.3 Å². The molecule has 0 radical (unpaired) electrons. The Morgan fingerprint density at radius 2 is 1.13 bits per heavy atom. The van der Waals surface area contributed by atoms with Crippen molar-refractivity contribution in [2.24, 2.45) is 0 Å². The molecular weight excluding hydrogens is 284 g/mol. The Morgan fingerprint density at radius 3 is 1.70 bits per heavy atom. The molecule has 0 aliphatic carbocycles. The predicted molar refractivity (Wildman–Crippen MR) is 94.7 cm³/mol. The van der Waals surface area contributed by atoms with E-state index in [9.17, 15) is 10.2 Å². The molecule has 0 saturated heterocycles. The standard InChI is InChI=1S/C21H20O2/c1-14(2)15-10-7-11-17(16-8-3-5-12-19(16)22)21(15)18-9-4-6-13-20(18)23/h3-14,22-23H,1-2H3. The smallest absolute Gasteiger partial charge is 0.123 e. The zero-order chi connectivity index (χ0) is 16.4. The van der Waals surface area contributed by atoms with Gasteiger partial charge in [-0.05, 0) is 34.7 Å². The van der Waals surface area contributed by atoms with Gasteiger partial charge in [-0.15, -0.1) is 0 Å². The molecule has 0 atom stereocenters. The molecule has 3 rings (SSSR count). The van der Waals surface area contributed by atoms with Crippen molar-refractivity contribution in [2.75, 3.05) is 0 Å². The Bertz CT molecular complexity index is 835. The summed E-state index contributed by atoms with van der Waals surface area (Å²) in [6, 6.07) is 20.7. The summed E-state index contributed by atoms with van der Waals surface area (Å²) in [6.45, 7) is 4.26. The largest absolute Gasteiger partial charge is 0.507 e. The Labute approximate surface area is 136 Å². The van der Waals surface area contributed by atoms with Crippen LogP contribution in [0, 0.1) is 0 Å². The van der Waals surface area contributed by atoms with Crippen LogP contribution in [0.2, 0.25) is 0 Å². The molecular formula is C21H20O2. The summed E-state index contributed by atoms with van der Waals surface area (Å²) in [5.74, 6) is 0.790. The number of hydrogen-bond acceptors (Lipinski definition) is 2. The minimum Gasteiger partial charge on any atom is -0.507 e. The van der Waals surface area contributed by atoms with Gasteiger partial charge in [0, 0.05) is 11.1 Å². The first-order valence-corrected chi connectivity index (χ1v) is 7.79. The second-order valence-corrected chi connectivity index (χ2v) is 5.96. The van der Waals surface area contributed by atoms with Crippen molar-refractivity contribution in [2.45, 2.75) is 19.8 Å². The number of para-hydroxylation sites is 2. The second-order valence-electron chi connectivity index (χ2n) is 5.96. The predicted octanol–water partition coefficient (Wildman–Crippen LogP) is 5.56. The maximum absolute atomic E-state index is 10.3. The molecule has 2 heteroatoms. The normalized spacial score (nSPS) is 10.9. The molecule has 0 aliphatic rings. The Morgan fingerprint density at radius 1 is 0.609 bits per heavy atom. The fourth-order valence-electron chi connectivity index (χ4n) is 2.96. The van der Waals surface area contributed by atoms with E-state index in [0.29, 0.717) is 5.92 Å². The van der Waals surface area contributed by atoms with Gasteiger partial charge >= 0.3 is 0 Å². The molecule has 0 fully saturated rings. The Hall–Kier alpha value is -2.74. The number of hydrogen-bond donors (Lipinski definition) is 2. The third-order valence-electron chi connectivity index (χ3n) is 4.09. The van der Waals surface area contributed by atoms with Crippen LogP contribution in [0.4, 0.5) is 0 Å². The Kier molecular flexibility index (Phi) is 4.07. The highest BCUT2D eigenvalue weighted by atomic mass is 16.3. The zero-order valence-electron chi connectivity index (χ0n) is 13.3. The van der Waals surface area contributed by atoms with E-state index >= 15 is 0 Å². The highest BCUT2D eigenvalue weighted by Crippen LogP contribution is 2.43. The van der Waals surface area contributed by atoms with Gasteiger partial charge in [0.05, 0.1) is 0 Å². The molecule has 0 heterocycles. The minimum atomic E-state index is 0.241. The minimum absolute atomic E-state index is 0.241. The van der Waals surface area contributed by atoms with E-state index in [1.807, 2.05) is 48.5 Å². The molecule has 0 saturated carbocycles. The van der Waals surface area contributed by atoms with Crippen molar-refractivity contribution >= 4 is 0 Å². The van der Waals surface area contributed by atoms with Gasteiger partial charge in [0.1, 0.15) is 11.5 Å². The molecule has 0 bridgehead atoms. The van der Waals surface area contributed by atoms with E-state index in [1.165, 1.54) is 0 Å². The first-order valence-electron chi connectivity index (χ1n) is 7.79. The van der Waals surface area contributed by atoms with Crippen molar-refractivity contribution in [1.29, 1.82) is 0 Å². The van der Waals surface area contributed by atoms with E-state index in [-0.39, 0.29) is 11.5 Å². The van der Waals surface area contributed by atoms with Crippen LogP contribution in [0.15, 0.2) is 66.7 Å². The van der Waals surface area contributed by atoms with Crippen LogP contribution in [0.5, 0.6) is 11.5 Å². The summed E-state index contributed by atoms with van der Waals surface area (Å²) >= 11 is 0. The van der Waals surface area contributed by atoms with Crippen LogP contribution in [0.25, 0.3) is 22.3 Å². The lowest BCUT2D eigenvalue weighted by atomic mass is 9.86. The van der Waals surface area contributed by atoms with Crippen LogP contribution in [-0.2, 0) is 0 Å². The van der Waals surface area contributed by atoms with Crippen LogP contribution >= 0.6 is 0 Å². The van der Waals surface area contributed by atoms with Crippen molar-refractivity contribution in [1.82, 2.24) is 0 Å². The molecule has 3 aromatic rings. The van der Waals surface area contributed by atoms with Crippen molar-refractivity contribution < 1.29 is 10.2 Å². The van der Waals surface area contributed by atoms with Crippen LogP contribution in [-0.4, -0.2) is 10.2 Å². The van der Waals surface area contributed by atoms with Gasteiger partial charge in [-0.2, -0.15) is 0 Å². The number of rotatable bonds is 3. The summed E-state index contributed by atoms with van der Waals surface area (Å²) < 4.78 is 0. The van der Waals surface area contributed by atoms with E-state index in [1.54, 1.807) is 12.1 Å². The Balaban J connectivity index is 2.36. The maximum atomic E-state index is 10.3. The summed E-state index contributed by atoms with van der Waals surface area (Å²) in [5, 5.41) is 20.6. The van der Waals surface area contributed by atoms with Crippen molar-refractivity contribution in [3.63, 3.8) is 0 Å². The van der Waals surface area contributed by atoms with Gasteiger partial charge in [0.25, 0.3) is 0 Å². The third kappa shape index (κ3) is 2.80.